The minimum Gasteiger partial charge on any atom is -0.369 e. The Morgan fingerprint density at radius 1 is 1.20 bits per heavy atom. The van der Waals surface area contributed by atoms with E-state index in [0.29, 0.717) is 5.92 Å². The van der Waals surface area contributed by atoms with Gasteiger partial charge in [0.15, 0.2) is 0 Å². The molecule has 0 amide bonds. The van der Waals surface area contributed by atoms with Crippen LogP contribution in [0.4, 0.5) is 23.2 Å². The molecular weight excluding hydrogens is 272 g/mol. The maximum Gasteiger partial charge on any atom is 0.393 e. The van der Waals surface area contributed by atoms with Crippen LogP contribution in [0.2, 0.25) is 0 Å². The molecule has 0 aliphatic carbocycles. The summed E-state index contributed by atoms with van der Waals surface area (Å²) in [6, 6.07) is 4.90. The number of halogens is 4. The highest BCUT2D eigenvalue weighted by Crippen LogP contribution is 2.36. The van der Waals surface area contributed by atoms with E-state index in [2.05, 4.69) is 5.32 Å². The highest BCUT2D eigenvalue weighted by molar-refractivity contribution is 5.51. The fourth-order valence-electron chi connectivity index (χ4n) is 2.80. The maximum atomic E-state index is 14.1. The van der Waals surface area contributed by atoms with Crippen LogP contribution in [0.1, 0.15) is 17.9 Å². The monoisotopic (exact) mass is 288 g/mol. The molecule has 2 aliphatic heterocycles. The number of benzene rings is 1. The molecule has 0 bridgehead atoms. The second-order valence-corrected chi connectivity index (χ2v) is 5.54. The summed E-state index contributed by atoms with van der Waals surface area (Å²) in [4.78, 5) is 1.50. The van der Waals surface area contributed by atoms with Crippen LogP contribution in [0, 0.1) is 11.7 Å². The van der Waals surface area contributed by atoms with Gasteiger partial charge in [-0.25, -0.2) is 4.39 Å². The van der Waals surface area contributed by atoms with E-state index in [1.807, 2.05) is 6.07 Å². The second kappa shape index (κ2) is 4.91. The molecule has 0 saturated carbocycles. The Labute approximate surface area is 114 Å². The van der Waals surface area contributed by atoms with Crippen LogP contribution in [0.25, 0.3) is 0 Å². The molecule has 2 saturated heterocycles. The summed E-state index contributed by atoms with van der Waals surface area (Å²) in [5.74, 6) is -1.45. The highest BCUT2D eigenvalue weighted by Gasteiger charge is 2.44. The molecule has 1 N–H and O–H groups in total. The van der Waals surface area contributed by atoms with E-state index >= 15 is 0 Å². The van der Waals surface area contributed by atoms with Gasteiger partial charge in [0.1, 0.15) is 5.82 Å². The number of anilines is 1. The highest BCUT2D eigenvalue weighted by atomic mass is 19.4. The normalized spacial score (nSPS) is 24.0. The number of nitrogens with zero attached hydrogens (tertiary/aromatic N) is 1. The summed E-state index contributed by atoms with van der Waals surface area (Å²) < 4.78 is 52.0. The van der Waals surface area contributed by atoms with Crippen molar-refractivity contribution < 1.29 is 17.6 Å². The lowest BCUT2D eigenvalue weighted by atomic mass is 9.93. The summed E-state index contributed by atoms with van der Waals surface area (Å²) in [5, 5.41) is 3.11. The molecular formula is C14H16F4N2. The summed E-state index contributed by atoms with van der Waals surface area (Å²) >= 11 is 0. The standard InChI is InChI=1S/C14H16F4N2/c15-12-5-9(10-6-19-7-10)1-2-13(12)20-4-3-11(8-20)14(16,17)18/h1-2,5,10-11,19H,3-4,6-8H2. The van der Waals surface area contributed by atoms with Gasteiger partial charge in [0.05, 0.1) is 11.6 Å². The summed E-state index contributed by atoms with van der Waals surface area (Å²) in [6.45, 7) is 1.77. The zero-order valence-corrected chi connectivity index (χ0v) is 10.9. The molecule has 0 spiro atoms. The second-order valence-electron chi connectivity index (χ2n) is 5.54. The Kier molecular flexibility index (Phi) is 3.36. The van der Waals surface area contributed by atoms with Gasteiger partial charge in [-0.15, -0.1) is 0 Å². The van der Waals surface area contributed by atoms with Gasteiger partial charge in [-0.2, -0.15) is 13.2 Å². The predicted molar refractivity (Wildman–Crippen MR) is 68.4 cm³/mol. The lowest BCUT2D eigenvalue weighted by molar-refractivity contribution is -0.168. The van der Waals surface area contributed by atoms with Crippen molar-refractivity contribution in [2.24, 2.45) is 5.92 Å². The Hall–Kier alpha value is -1.30. The topological polar surface area (TPSA) is 15.3 Å². The van der Waals surface area contributed by atoms with E-state index < -0.39 is 17.9 Å². The minimum atomic E-state index is -4.19. The van der Waals surface area contributed by atoms with Gasteiger partial charge < -0.3 is 10.2 Å². The van der Waals surface area contributed by atoms with Gasteiger partial charge >= 0.3 is 6.18 Å². The Bertz CT molecular complexity index is 496. The third-order valence-corrected chi connectivity index (χ3v) is 4.22. The van der Waals surface area contributed by atoms with Crippen molar-refractivity contribution in [3.63, 3.8) is 0 Å². The third kappa shape index (κ3) is 2.49. The van der Waals surface area contributed by atoms with E-state index in [1.54, 1.807) is 6.07 Å². The van der Waals surface area contributed by atoms with Crippen LogP contribution in [0.15, 0.2) is 18.2 Å². The lowest BCUT2D eigenvalue weighted by Crippen LogP contribution is -2.39. The quantitative estimate of drug-likeness (QED) is 0.842. The van der Waals surface area contributed by atoms with Crippen molar-refractivity contribution in [3.05, 3.63) is 29.6 Å². The molecule has 2 nitrogen and oxygen atoms in total. The SMILES string of the molecule is Fc1cc(C2CNC2)ccc1N1CCC(C(F)(F)F)C1. The number of rotatable bonds is 2. The van der Waals surface area contributed by atoms with Crippen molar-refractivity contribution in [2.75, 3.05) is 31.1 Å². The first kappa shape index (κ1) is 13.7. The average molecular weight is 288 g/mol. The summed E-state index contributed by atoms with van der Waals surface area (Å²) in [5.41, 5.74) is 1.20. The van der Waals surface area contributed by atoms with Crippen molar-refractivity contribution in [1.82, 2.24) is 5.32 Å². The van der Waals surface area contributed by atoms with Gasteiger partial charge in [0.25, 0.3) is 0 Å². The van der Waals surface area contributed by atoms with E-state index in [9.17, 15) is 17.6 Å². The molecule has 2 fully saturated rings. The van der Waals surface area contributed by atoms with Gasteiger partial charge in [-0.05, 0) is 24.1 Å². The average Bonchev–Trinajstić information content (AvgIpc) is 2.75. The first-order valence-electron chi connectivity index (χ1n) is 6.77. The fourth-order valence-corrected chi connectivity index (χ4v) is 2.80. The molecule has 1 aromatic rings. The minimum absolute atomic E-state index is 0.0389. The van der Waals surface area contributed by atoms with Crippen LogP contribution in [-0.2, 0) is 0 Å². The number of nitrogens with one attached hydrogen (secondary N) is 1. The molecule has 110 valence electrons. The Balaban J connectivity index is 1.74. The van der Waals surface area contributed by atoms with Crippen LogP contribution >= 0.6 is 0 Å². The molecule has 2 heterocycles. The first-order chi connectivity index (χ1) is 9.45. The molecule has 0 aromatic heterocycles. The maximum absolute atomic E-state index is 14.1. The van der Waals surface area contributed by atoms with Gasteiger partial charge in [0, 0.05) is 32.1 Å². The molecule has 0 radical (unpaired) electrons. The number of hydrogen-bond donors (Lipinski definition) is 1. The summed E-state index contributed by atoms with van der Waals surface area (Å²) in [7, 11) is 0. The van der Waals surface area contributed by atoms with Crippen molar-refractivity contribution in [1.29, 1.82) is 0 Å². The molecule has 2 aliphatic rings. The lowest BCUT2D eigenvalue weighted by Gasteiger charge is -2.28. The molecule has 1 atom stereocenters. The molecule has 3 rings (SSSR count). The van der Waals surface area contributed by atoms with Gasteiger partial charge in [-0.1, -0.05) is 6.07 Å². The molecule has 1 aromatic carbocycles. The zero-order valence-electron chi connectivity index (χ0n) is 10.9. The Morgan fingerprint density at radius 3 is 2.45 bits per heavy atom. The smallest absolute Gasteiger partial charge is 0.369 e. The Morgan fingerprint density at radius 2 is 1.95 bits per heavy atom. The van der Waals surface area contributed by atoms with E-state index in [0.717, 1.165) is 18.7 Å². The predicted octanol–water partition coefficient (Wildman–Crippen LogP) is 2.90. The van der Waals surface area contributed by atoms with Crippen molar-refractivity contribution in [3.8, 4) is 0 Å². The third-order valence-electron chi connectivity index (χ3n) is 4.22. The van der Waals surface area contributed by atoms with Crippen LogP contribution < -0.4 is 10.2 Å². The zero-order chi connectivity index (χ0) is 14.3. The van der Waals surface area contributed by atoms with Crippen LogP contribution in [0.3, 0.4) is 0 Å². The van der Waals surface area contributed by atoms with Crippen LogP contribution in [-0.4, -0.2) is 32.4 Å². The molecule has 20 heavy (non-hydrogen) atoms. The largest absolute Gasteiger partial charge is 0.393 e. The van der Waals surface area contributed by atoms with Gasteiger partial charge in [0.2, 0.25) is 0 Å². The van der Waals surface area contributed by atoms with Crippen molar-refractivity contribution in [2.45, 2.75) is 18.5 Å². The van der Waals surface area contributed by atoms with Crippen LogP contribution in [0.5, 0.6) is 0 Å². The van der Waals surface area contributed by atoms with E-state index in [1.165, 1.54) is 11.0 Å². The fraction of sp³-hybridized carbons (Fsp3) is 0.571. The van der Waals surface area contributed by atoms with E-state index in [-0.39, 0.29) is 25.2 Å². The van der Waals surface area contributed by atoms with E-state index in [4.69, 9.17) is 0 Å². The molecule has 6 heteroatoms. The van der Waals surface area contributed by atoms with Gasteiger partial charge in [-0.3, -0.25) is 0 Å². The summed E-state index contributed by atoms with van der Waals surface area (Å²) in [6.07, 6.45) is -4.15. The first-order valence-corrected chi connectivity index (χ1v) is 6.77. The molecule has 1 unspecified atom stereocenters. The number of alkyl halides is 3. The van der Waals surface area contributed by atoms with Crippen molar-refractivity contribution >= 4 is 5.69 Å². The number of hydrogen-bond acceptors (Lipinski definition) is 2.